The number of hydrogen-bond donors (Lipinski definition) is 1. The van der Waals surface area contributed by atoms with E-state index >= 15 is 0 Å². The van der Waals surface area contributed by atoms with Gasteiger partial charge >= 0.3 is 0 Å². The molecule has 1 aliphatic heterocycles. The van der Waals surface area contributed by atoms with E-state index in [9.17, 15) is 8.78 Å². The quantitative estimate of drug-likeness (QED) is 0.714. The van der Waals surface area contributed by atoms with E-state index in [-0.39, 0.29) is 5.69 Å². The smallest absolute Gasteiger partial charge is 0.151 e. The molecule has 0 saturated heterocycles. The molecule has 146 valence electrons. The van der Waals surface area contributed by atoms with Crippen molar-refractivity contribution in [1.29, 1.82) is 0 Å². The number of aromatic nitrogens is 2. The molecule has 1 N–H and O–H groups in total. The second-order valence-electron chi connectivity index (χ2n) is 6.67. The zero-order valence-corrected chi connectivity index (χ0v) is 15.8. The first kappa shape index (κ1) is 18.3. The summed E-state index contributed by atoms with van der Waals surface area (Å²) < 4.78 is 40.2. The Morgan fingerprint density at radius 3 is 2.43 bits per heavy atom. The van der Waals surface area contributed by atoms with Crippen molar-refractivity contribution < 1.29 is 18.3 Å². The molecule has 0 atom stereocenters. The number of rotatable bonds is 4. The highest BCUT2D eigenvalue weighted by Gasteiger charge is 2.24. The summed E-state index contributed by atoms with van der Waals surface area (Å²) in [4.78, 5) is 0. The van der Waals surface area contributed by atoms with Gasteiger partial charge in [-0.15, -0.1) is 0 Å². The van der Waals surface area contributed by atoms with Crippen LogP contribution in [0, 0.1) is 11.6 Å². The van der Waals surface area contributed by atoms with Crippen LogP contribution in [0.2, 0.25) is 0 Å². The predicted molar refractivity (Wildman–Crippen MR) is 103 cm³/mol. The number of anilines is 1. The molecule has 5 nitrogen and oxygen atoms in total. The molecule has 0 unspecified atom stereocenters. The summed E-state index contributed by atoms with van der Waals surface area (Å²) in [6.07, 6.45) is 2.80. The molecular formula is C21H21F2N3O2. The largest absolute Gasteiger partial charge is 0.497 e. The number of fused-ring (bicyclic) bond motifs is 1. The van der Waals surface area contributed by atoms with Crippen LogP contribution in [-0.2, 0) is 6.42 Å². The van der Waals surface area contributed by atoms with Gasteiger partial charge in [-0.05, 0) is 43.5 Å². The summed E-state index contributed by atoms with van der Waals surface area (Å²) in [7, 11) is 3.18. The first-order chi connectivity index (χ1) is 13.6. The predicted octanol–water partition coefficient (Wildman–Crippen LogP) is 4.58. The van der Waals surface area contributed by atoms with Crippen LogP contribution in [0.15, 0.2) is 36.4 Å². The average molecular weight is 385 g/mol. The first-order valence-corrected chi connectivity index (χ1v) is 9.15. The summed E-state index contributed by atoms with van der Waals surface area (Å²) >= 11 is 0. The van der Waals surface area contributed by atoms with Crippen LogP contribution in [0.3, 0.4) is 0 Å². The summed E-state index contributed by atoms with van der Waals surface area (Å²) in [6, 6.07) is 9.05. The molecule has 0 amide bonds. The lowest BCUT2D eigenvalue weighted by Gasteiger charge is -2.10. The number of ether oxygens (including phenoxy) is 2. The van der Waals surface area contributed by atoms with E-state index in [1.165, 1.54) is 16.8 Å². The molecule has 2 heterocycles. The van der Waals surface area contributed by atoms with E-state index in [4.69, 9.17) is 14.6 Å². The van der Waals surface area contributed by atoms with E-state index in [0.29, 0.717) is 11.5 Å². The van der Waals surface area contributed by atoms with Crippen molar-refractivity contribution in [2.45, 2.75) is 19.3 Å². The topological polar surface area (TPSA) is 48.3 Å². The van der Waals surface area contributed by atoms with Crippen molar-refractivity contribution in [2.24, 2.45) is 0 Å². The molecular weight excluding hydrogens is 364 g/mol. The van der Waals surface area contributed by atoms with Crippen molar-refractivity contribution in [3.05, 3.63) is 53.6 Å². The van der Waals surface area contributed by atoms with Crippen molar-refractivity contribution in [3.8, 4) is 28.4 Å². The molecule has 0 aliphatic carbocycles. The van der Waals surface area contributed by atoms with E-state index in [0.717, 1.165) is 54.5 Å². The number of methoxy groups -OCH3 is 2. The fourth-order valence-corrected chi connectivity index (χ4v) is 3.51. The lowest BCUT2D eigenvalue weighted by atomic mass is 10.0. The van der Waals surface area contributed by atoms with Crippen molar-refractivity contribution in [3.63, 3.8) is 0 Å². The van der Waals surface area contributed by atoms with Gasteiger partial charge in [-0.25, -0.2) is 13.5 Å². The first-order valence-electron chi connectivity index (χ1n) is 9.15. The fourth-order valence-electron chi connectivity index (χ4n) is 3.51. The fraction of sp³-hybridized carbons (Fsp3) is 0.286. The molecule has 4 rings (SSSR count). The van der Waals surface area contributed by atoms with Crippen LogP contribution in [0.25, 0.3) is 16.9 Å². The maximum absolute atomic E-state index is 14.5. The van der Waals surface area contributed by atoms with E-state index in [2.05, 4.69) is 5.32 Å². The third kappa shape index (κ3) is 3.28. The Morgan fingerprint density at radius 1 is 1.00 bits per heavy atom. The van der Waals surface area contributed by atoms with E-state index in [1.54, 1.807) is 20.3 Å². The Labute approximate surface area is 161 Å². The number of hydrogen-bond acceptors (Lipinski definition) is 4. The third-order valence-corrected chi connectivity index (χ3v) is 4.89. The van der Waals surface area contributed by atoms with Crippen LogP contribution in [0.5, 0.6) is 11.5 Å². The van der Waals surface area contributed by atoms with Crippen LogP contribution >= 0.6 is 0 Å². The summed E-state index contributed by atoms with van der Waals surface area (Å²) in [6.45, 7) is 0.766. The maximum atomic E-state index is 14.5. The molecule has 0 bridgehead atoms. The standard InChI is InChI=1S/C21H21F2N3O2/c1-27-15-9-13(10-16(12-15)28-2)20-17-5-3-4-8-24-21(17)26(25-20)19-7-6-14(22)11-18(19)23/h6-7,9-12,24H,3-5,8H2,1-2H3. The molecule has 0 spiro atoms. The number of nitrogens with one attached hydrogen (secondary N) is 1. The van der Waals surface area contributed by atoms with Crippen LogP contribution in [-0.4, -0.2) is 30.5 Å². The molecule has 1 aliphatic rings. The normalized spacial score (nSPS) is 13.4. The highest BCUT2D eigenvalue weighted by molar-refractivity contribution is 5.73. The highest BCUT2D eigenvalue weighted by atomic mass is 19.1. The second-order valence-corrected chi connectivity index (χ2v) is 6.67. The van der Waals surface area contributed by atoms with Gasteiger partial charge in [-0.3, -0.25) is 0 Å². The van der Waals surface area contributed by atoms with Crippen molar-refractivity contribution in [2.75, 3.05) is 26.1 Å². The minimum Gasteiger partial charge on any atom is -0.497 e. The van der Waals surface area contributed by atoms with Gasteiger partial charge in [0.15, 0.2) is 5.82 Å². The molecule has 3 aromatic rings. The monoisotopic (exact) mass is 385 g/mol. The van der Waals surface area contributed by atoms with Gasteiger partial charge in [0.25, 0.3) is 0 Å². The van der Waals surface area contributed by atoms with Crippen LogP contribution in [0.1, 0.15) is 18.4 Å². The van der Waals surface area contributed by atoms with Crippen LogP contribution < -0.4 is 14.8 Å². The van der Waals surface area contributed by atoms with Gasteiger partial charge in [-0.2, -0.15) is 5.10 Å². The number of benzene rings is 2. The summed E-state index contributed by atoms with van der Waals surface area (Å²) in [5.74, 6) is 0.746. The highest BCUT2D eigenvalue weighted by Crippen LogP contribution is 2.37. The minimum atomic E-state index is -0.661. The molecule has 0 saturated carbocycles. The summed E-state index contributed by atoms with van der Waals surface area (Å²) in [5, 5.41) is 8.05. The maximum Gasteiger partial charge on any atom is 0.151 e. The van der Waals surface area contributed by atoms with Gasteiger partial charge < -0.3 is 14.8 Å². The number of halogens is 2. The average Bonchev–Trinajstić information content (AvgIpc) is 2.88. The lowest BCUT2D eigenvalue weighted by Crippen LogP contribution is -2.08. The van der Waals surface area contributed by atoms with E-state index < -0.39 is 11.6 Å². The van der Waals surface area contributed by atoms with Gasteiger partial charge in [0.1, 0.15) is 28.8 Å². The lowest BCUT2D eigenvalue weighted by molar-refractivity contribution is 0.394. The van der Waals surface area contributed by atoms with E-state index in [1.807, 2.05) is 12.1 Å². The molecule has 28 heavy (non-hydrogen) atoms. The number of nitrogens with zero attached hydrogens (tertiary/aromatic N) is 2. The molecule has 2 aromatic carbocycles. The second kappa shape index (κ2) is 7.50. The minimum absolute atomic E-state index is 0.202. The molecule has 7 heteroatoms. The van der Waals surface area contributed by atoms with Crippen LogP contribution in [0.4, 0.5) is 14.6 Å². The van der Waals surface area contributed by atoms with Gasteiger partial charge in [0.05, 0.1) is 19.9 Å². The molecule has 1 aromatic heterocycles. The Bertz CT molecular complexity index is 995. The third-order valence-electron chi connectivity index (χ3n) is 4.89. The Morgan fingerprint density at radius 2 is 1.75 bits per heavy atom. The molecule has 0 radical (unpaired) electrons. The Hall–Kier alpha value is -3.09. The Kier molecular flexibility index (Phi) is 4.90. The zero-order chi connectivity index (χ0) is 19.7. The Balaban J connectivity index is 1.93. The zero-order valence-electron chi connectivity index (χ0n) is 15.8. The van der Waals surface area contributed by atoms with Gasteiger partial charge in [0, 0.05) is 29.8 Å². The van der Waals surface area contributed by atoms with Crippen molar-refractivity contribution >= 4 is 5.82 Å². The SMILES string of the molecule is COc1cc(OC)cc(-c2nn(-c3ccc(F)cc3F)c3c2CCCCN3)c1. The van der Waals surface area contributed by atoms with Gasteiger partial charge in [0.2, 0.25) is 0 Å². The molecule has 0 fully saturated rings. The van der Waals surface area contributed by atoms with Gasteiger partial charge in [-0.1, -0.05) is 0 Å². The summed E-state index contributed by atoms with van der Waals surface area (Å²) in [5.41, 5.74) is 2.74. The van der Waals surface area contributed by atoms with Crippen molar-refractivity contribution in [1.82, 2.24) is 9.78 Å².